The van der Waals surface area contributed by atoms with Gasteiger partial charge in [0.25, 0.3) is 0 Å². The molecule has 0 radical (unpaired) electrons. The van der Waals surface area contributed by atoms with Crippen LogP contribution >= 0.6 is 11.8 Å². The topological polar surface area (TPSA) is 16.4 Å². The van der Waals surface area contributed by atoms with Gasteiger partial charge in [-0.15, -0.1) is 0 Å². The molecule has 0 aliphatic heterocycles. The smallest absolute Gasteiger partial charge is 0.117 e. The van der Waals surface area contributed by atoms with E-state index in [-0.39, 0.29) is 0 Å². The quantitative estimate of drug-likeness (QED) is 0.723. The third-order valence-corrected chi connectivity index (χ3v) is 3.43. The molecule has 2 nitrogen and oxygen atoms in total. The lowest BCUT2D eigenvalue weighted by Gasteiger charge is -2.23. The highest BCUT2D eigenvalue weighted by Crippen LogP contribution is 2.10. The van der Waals surface area contributed by atoms with Gasteiger partial charge in [-0.2, -0.15) is 11.8 Å². The lowest BCUT2D eigenvalue weighted by atomic mass is 10.3. The zero-order chi connectivity index (χ0) is 10.4. The van der Waals surface area contributed by atoms with E-state index in [0.29, 0.717) is 6.04 Å². The van der Waals surface area contributed by atoms with Crippen molar-refractivity contribution in [2.24, 2.45) is 0 Å². The van der Waals surface area contributed by atoms with Crippen LogP contribution in [0.15, 0.2) is 22.8 Å². The summed E-state index contributed by atoms with van der Waals surface area (Å²) in [5.74, 6) is 3.42. The molecule has 3 heteroatoms. The summed E-state index contributed by atoms with van der Waals surface area (Å²) in [5, 5.41) is 0. The van der Waals surface area contributed by atoms with Crippen LogP contribution in [0.1, 0.15) is 19.6 Å². The molecule has 0 aromatic carbocycles. The van der Waals surface area contributed by atoms with E-state index in [2.05, 4.69) is 25.8 Å². The molecule has 0 amide bonds. The minimum atomic E-state index is 0.602. The van der Waals surface area contributed by atoms with Crippen molar-refractivity contribution in [3.05, 3.63) is 24.2 Å². The first-order chi connectivity index (χ1) is 6.74. The molecule has 14 heavy (non-hydrogen) atoms. The normalized spacial score (nSPS) is 13.4. The van der Waals surface area contributed by atoms with E-state index < -0.39 is 0 Å². The molecular weight excluding hydrogens is 194 g/mol. The van der Waals surface area contributed by atoms with Gasteiger partial charge in [-0.05, 0) is 31.9 Å². The molecule has 0 spiro atoms. The summed E-state index contributed by atoms with van der Waals surface area (Å²) in [5.41, 5.74) is 0. The number of hydrogen-bond acceptors (Lipinski definition) is 3. The van der Waals surface area contributed by atoms with E-state index in [1.54, 1.807) is 6.26 Å². The summed E-state index contributed by atoms with van der Waals surface area (Å²) >= 11 is 1.98. The fourth-order valence-electron chi connectivity index (χ4n) is 1.22. The highest BCUT2D eigenvalue weighted by Gasteiger charge is 2.10. The number of hydrogen-bond donors (Lipinski definition) is 0. The number of furan rings is 1. The third kappa shape index (κ3) is 3.76. The molecule has 1 rings (SSSR count). The summed E-state index contributed by atoms with van der Waals surface area (Å²) < 4.78 is 5.31. The van der Waals surface area contributed by atoms with Crippen LogP contribution in [0.4, 0.5) is 0 Å². The Balaban J connectivity index is 2.30. The van der Waals surface area contributed by atoms with Gasteiger partial charge in [0.15, 0.2) is 0 Å². The van der Waals surface area contributed by atoms with Crippen LogP contribution in [0.5, 0.6) is 0 Å². The van der Waals surface area contributed by atoms with Crippen LogP contribution in [-0.2, 0) is 6.54 Å². The molecular formula is C11H19NOS. The molecule has 1 aromatic rings. The maximum atomic E-state index is 5.31. The largest absolute Gasteiger partial charge is 0.468 e. The third-order valence-electron chi connectivity index (χ3n) is 2.30. The van der Waals surface area contributed by atoms with E-state index in [0.717, 1.165) is 12.3 Å². The van der Waals surface area contributed by atoms with Gasteiger partial charge in [0.05, 0.1) is 12.8 Å². The summed E-state index contributed by atoms with van der Waals surface area (Å²) in [6.45, 7) is 5.36. The van der Waals surface area contributed by atoms with E-state index in [1.807, 2.05) is 23.9 Å². The lowest BCUT2D eigenvalue weighted by Crippen LogP contribution is -2.30. The monoisotopic (exact) mass is 213 g/mol. The minimum absolute atomic E-state index is 0.602. The fourth-order valence-corrected chi connectivity index (χ4v) is 2.05. The summed E-state index contributed by atoms with van der Waals surface area (Å²) in [6, 6.07) is 4.57. The molecule has 0 aliphatic carbocycles. The standard InChI is InChI=1S/C11H19NOS/c1-4-14-9-10(2)12(3)8-11-6-5-7-13-11/h5-7,10H,4,8-9H2,1-3H3/t10-/m0/s1. The minimum Gasteiger partial charge on any atom is -0.468 e. The van der Waals surface area contributed by atoms with Crippen molar-refractivity contribution < 1.29 is 4.42 Å². The Morgan fingerprint density at radius 1 is 1.57 bits per heavy atom. The highest BCUT2D eigenvalue weighted by molar-refractivity contribution is 7.99. The Kier molecular flexibility index (Phi) is 5.12. The Hall–Kier alpha value is -0.410. The first-order valence-electron chi connectivity index (χ1n) is 5.04. The maximum Gasteiger partial charge on any atom is 0.117 e. The van der Waals surface area contributed by atoms with Crippen LogP contribution in [0.2, 0.25) is 0 Å². The van der Waals surface area contributed by atoms with E-state index >= 15 is 0 Å². The lowest BCUT2D eigenvalue weighted by molar-refractivity contribution is 0.247. The first kappa shape index (κ1) is 11.7. The maximum absolute atomic E-state index is 5.31. The van der Waals surface area contributed by atoms with Crippen molar-refractivity contribution in [1.29, 1.82) is 0 Å². The average molecular weight is 213 g/mol. The van der Waals surface area contributed by atoms with Gasteiger partial charge in [-0.25, -0.2) is 0 Å². The van der Waals surface area contributed by atoms with Gasteiger partial charge in [-0.3, -0.25) is 4.90 Å². The van der Waals surface area contributed by atoms with Crippen LogP contribution in [0.25, 0.3) is 0 Å². The Morgan fingerprint density at radius 3 is 2.93 bits per heavy atom. The summed E-state index contributed by atoms with van der Waals surface area (Å²) in [4.78, 5) is 2.32. The molecule has 1 heterocycles. The zero-order valence-electron chi connectivity index (χ0n) is 9.19. The average Bonchev–Trinajstić information content (AvgIpc) is 2.66. The predicted octanol–water partition coefficient (Wildman–Crippen LogP) is 2.85. The highest BCUT2D eigenvalue weighted by atomic mass is 32.2. The summed E-state index contributed by atoms with van der Waals surface area (Å²) in [6.07, 6.45) is 1.73. The molecule has 1 aromatic heterocycles. The van der Waals surface area contributed by atoms with Crippen molar-refractivity contribution >= 4 is 11.8 Å². The second kappa shape index (κ2) is 6.14. The summed E-state index contributed by atoms with van der Waals surface area (Å²) in [7, 11) is 2.14. The van der Waals surface area contributed by atoms with Crippen molar-refractivity contribution in [3.63, 3.8) is 0 Å². The van der Waals surface area contributed by atoms with Gasteiger partial charge in [0, 0.05) is 11.8 Å². The van der Waals surface area contributed by atoms with Crippen LogP contribution in [0, 0.1) is 0 Å². The van der Waals surface area contributed by atoms with Gasteiger partial charge in [-0.1, -0.05) is 6.92 Å². The molecule has 0 saturated carbocycles. The molecule has 1 atom stereocenters. The van der Waals surface area contributed by atoms with Gasteiger partial charge < -0.3 is 4.42 Å². The number of nitrogens with zero attached hydrogens (tertiary/aromatic N) is 1. The predicted molar refractivity (Wildman–Crippen MR) is 62.6 cm³/mol. The Bertz CT molecular complexity index is 235. The van der Waals surface area contributed by atoms with Crippen LogP contribution < -0.4 is 0 Å². The second-order valence-corrected chi connectivity index (χ2v) is 4.82. The van der Waals surface area contributed by atoms with E-state index in [9.17, 15) is 0 Å². The molecule has 0 aliphatic rings. The number of thioether (sulfide) groups is 1. The van der Waals surface area contributed by atoms with Gasteiger partial charge in [0.1, 0.15) is 5.76 Å². The Morgan fingerprint density at radius 2 is 2.36 bits per heavy atom. The van der Waals surface area contributed by atoms with Crippen molar-refractivity contribution in [1.82, 2.24) is 4.90 Å². The van der Waals surface area contributed by atoms with E-state index in [4.69, 9.17) is 4.42 Å². The van der Waals surface area contributed by atoms with E-state index in [1.165, 1.54) is 11.5 Å². The van der Waals surface area contributed by atoms with Crippen molar-refractivity contribution in [2.75, 3.05) is 18.6 Å². The molecule has 0 saturated heterocycles. The molecule has 80 valence electrons. The zero-order valence-corrected chi connectivity index (χ0v) is 10.0. The number of rotatable bonds is 6. The van der Waals surface area contributed by atoms with Crippen molar-refractivity contribution in [2.45, 2.75) is 26.4 Å². The first-order valence-corrected chi connectivity index (χ1v) is 6.20. The van der Waals surface area contributed by atoms with Gasteiger partial charge in [0.2, 0.25) is 0 Å². The van der Waals surface area contributed by atoms with Crippen LogP contribution in [-0.4, -0.2) is 29.5 Å². The van der Waals surface area contributed by atoms with Crippen LogP contribution in [0.3, 0.4) is 0 Å². The fraction of sp³-hybridized carbons (Fsp3) is 0.636. The Labute approximate surface area is 90.7 Å². The SMILES string of the molecule is CCSC[C@H](C)N(C)Cc1ccco1. The molecule has 0 N–H and O–H groups in total. The molecule has 0 fully saturated rings. The van der Waals surface area contributed by atoms with Crippen molar-refractivity contribution in [3.8, 4) is 0 Å². The van der Waals surface area contributed by atoms with Gasteiger partial charge >= 0.3 is 0 Å². The molecule has 0 bridgehead atoms. The molecule has 0 unspecified atom stereocenters. The second-order valence-electron chi connectivity index (χ2n) is 3.50.